The van der Waals surface area contributed by atoms with Crippen molar-refractivity contribution in [2.75, 3.05) is 20.6 Å². The van der Waals surface area contributed by atoms with Crippen molar-refractivity contribution >= 4 is 11.8 Å². The summed E-state index contributed by atoms with van der Waals surface area (Å²) >= 11 is 0. The van der Waals surface area contributed by atoms with Crippen LogP contribution in [0.25, 0.3) is 0 Å². The van der Waals surface area contributed by atoms with Gasteiger partial charge in [-0.25, -0.2) is 0 Å². The molecule has 1 aliphatic heterocycles. The lowest BCUT2D eigenvalue weighted by atomic mass is 10.1. The van der Waals surface area contributed by atoms with Crippen molar-refractivity contribution in [2.45, 2.75) is 18.5 Å². The Labute approximate surface area is 89.5 Å². The Balaban J connectivity index is 2.58. The Morgan fingerprint density at radius 1 is 1.53 bits per heavy atom. The lowest BCUT2D eigenvalue weighted by Crippen LogP contribution is -2.51. The van der Waals surface area contributed by atoms with Crippen molar-refractivity contribution in [2.24, 2.45) is 0 Å². The smallest absolute Gasteiger partial charge is 0.249 e. The molecule has 1 saturated heterocycles. The minimum Gasteiger partial charge on any atom is -0.304 e. The standard InChI is InChI=1S/C10H17N3O2/c1-4-8(14)12-10(15)9-7(13(2)3)5-6-11-9/h4,7,9,11H,1,5-6H2,2-3H3,(H,12,14,15)/t7?,9-/m0/s1. The van der Waals surface area contributed by atoms with Crippen LogP contribution >= 0.6 is 0 Å². The molecule has 5 nitrogen and oxygen atoms in total. The summed E-state index contributed by atoms with van der Waals surface area (Å²) in [5, 5.41) is 5.35. The van der Waals surface area contributed by atoms with Gasteiger partial charge in [-0.1, -0.05) is 6.58 Å². The zero-order valence-electron chi connectivity index (χ0n) is 9.12. The van der Waals surface area contributed by atoms with Gasteiger partial charge in [0.2, 0.25) is 11.8 Å². The molecule has 1 unspecified atom stereocenters. The van der Waals surface area contributed by atoms with Crippen molar-refractivity contribution in [1.82, 2.24) is 15.5 Å². The van der Waals surface area contributed by atoms with Crippen molar-refractivity contribution in [1.29, 1.82) is 0 Å². The van der Waals surface area contributed by atoms with Crippen LogP contribution in [0.2, 0.25) is 0 Å². The van der Waals surface area contributed by atoms with E-state index >= 15 is 0 Å². The quantitative estimate of drug-likeness (QED) is 0.594. The lowest BCUT2D eigenvalue weighted by molar-refractivity contribution is -0.129. The maximum Gasteiger partial charge on any atom is 0.249 e. The Hall–Kier alpha value is -1.20. The molecule has 84 valence electrons. The average Bonchev–Trinajstić information content (AvgIpc) is 2.65. The molecule has 0 aromatic heterocycles. The van der Waals surface area contributed by atoms with Gasteiger partial charge in [0.15, 0.2) is 0 Å². The summed E-state index contributed by atoms with van der Waals surface area (Å²) in [6.07, 6.45) is 2.00. The van der Waals surface area contributed by atoms with E-state index in [1.165, 1.54) is 0 Å². The third kappa shape index (κ3) is 2.87. The molecule has 0 spiro atoms. The normalized spacial score (nSPS) is 25.3. The molecular weight excluding hydrogens is 194 g/mol. The van der Waals surface area contributed by atoms with Gasteiger partial charge in [0.05, 0.1) is 0 Å². The van der Waals surface area contributed by atoms with Crippen LogP contribution in [-0.2, 0) is 9.59 Å². The molecule has 2 amide bonds. The largest absolute Gasteiger partial charge is 0.304 e. The number of hydrogen-bond acceptors (Lipinski definition) is 4. The van der Waals surface area contributed by atoms with Gasteiger partial charge in [0, 0.05) is 6.04 Å². The van der Waals surface area contributed by atoms with E-state index in [9.17, 15) is 9.59 Å². The molecule has 15 heavy (non-hydrogen) atoms. The minimum atomic E-state index is -0.453. The van der Waals surface area contributed by atoms with Gasteiger partial charge < -0.3 is 10.2 Å². The summed E-state index contributed by atoms with van der Waals surface area (Å²) in [6, 6.07) is -0.175. The minimum absolute atomic E-state index is 0.141. The first-order valence-corrected chi connectivity index (χ1v) is 4.93. The van der Waals surface area contributed by atoms with Gasteiger partial charge >= 0.3 is 0 Å². The van der Waals surface area contributed by atoms with E-state index in [1.54, 1.807) is 0 Å². The second-order valence-electron chi connectivity index (χ2n) is 3.81. The number of nitrogens with zero attached hydrogens (tertiary/aromatic N) is 1. The second-order valence-corrected chi connectivity index (χ2v) is 3.81. The maximum atomic E-state index is 11.7. The van der Waals surface area contributed by atoms with Crippen LogP contribution in [0, 0.1) is 0 Å². The Kier molecular flexibility index (Phi) is 3.99. The van der Waals surface area contributed by atoms with Crippen molar-refractivity contribution in [3.63, 3.8) is 0 Å². The summed E-state index contributed by atoms with van der Waals surface area (Å²) in [5.41, 5.74) is 0. The number of imide groups is 1. The molecule has 0 aromatic rings. The topological polar surface area (TPSA) is 61.4 Å². The van der Waals surface area contributed by atoms with Crippen LogP contribution in [0.3, 0.4) is 0 Å². The molecule has 1 aliphatic rings. The van der Waals surface area contributed by atoms with E-state index in [2.05, 4.69) is 17.2 Å². The van der Waals surface area contributed by atoms with E-state index in [4.69, 9.17) is 0 Å². The number of rotatable bonds is 3. The first-order chi connectivity index (χ1) is 7.06. The molecule has 0 aromatic carbocycles. The van der Waals surface area contributed by atoms with Gasteiger partial charge in [-0.05, 0) is 33.1 Å². The Morgan fingerprint density at radius 2 is 2.20 bits per heavy atom. The van der Waals surface area contributed by atoms with E-state index in [0.29, 0.717) is 0 Å². The van der Waals surface area contributed by atoms with Crippen molar-refractivity contribution in [3.05, 3.63) is 12.7 Å². The molecule has 0 bridgehead atoms. The van der Waals surface area contributed by atoms with Gasteiger partial charge in [-0.2, -0.15) is 0 Å². The molecular formula is C10H17N3O2. The maximum absolute atomic E-state index is 11.7. The van der Waals surface area contributed by atoms with Crippen LogP contribution in [0.1, 0.15) is 6.42 Å². The highest BCUT2D eigenvalue weighted by atomic mass is 16.2. The predicted octanol–water partition coefficient (Wildman–Crippen LogP) is -0.893. The number of hydrogen-bond donors (Lipinski definition) is 2. The molecule has 0 aliphatic carbocycles. The zero-order valence-corrected chi connectivity index (χ0v) is 9.12. The number of amides is 2. The van der Waals surface area contributed by atoms with E-state index in [1.807, 2.05) is 19.0 Å². The number of likely N-dealkylation sites (N-methyl/N-ethyl adjacent to an activating group) is 1. The van der Waals surface area contributed by atoms with E-state index in [0.717, 1.165) is 19.0 Å². The fourth-order valence-corrected chi connectivity index (χ4v) is 1.76. The highest BCUT2D eigenvalue weighted by Gasteiger charge is 2.34. The molecule has 5 heteroatoms. The molecule has 2 N–H and O–H groups in total. The predicted molar refractivity (Wildman–Crippen MR) is 57.2 cm³/mol. The summed E-state index contributed by atoms with van der Waals surface area (Å²) in [4.78, 5) is 24.6. The molecule has 0 radical (unpaired) electrons. The first kappa shape index (κ1) is 11.9. The average molecular weight is 211 g/mol. The third-order valence-electron chi connectivity index (χ3n) is 2.57. The number of nitrogens with one attached hydrogen (secondary N) is 2. The van der Waals surface area contributed by atoms with Crippen LogP contribution < -0.4 is 10.6 Å². The number of carbonyl (C=O) groups is 2. The van der Waals surface area contributed by atoms with Crippen LogP contribution in [0.5, 0.6) is 0 Å². The van der Waals surface area contributed by atoms with Crippen LogP contribution in [0.15, 0.2) is 12.7 Å². The summed E-state index contributed by atoms with van der Waals surface area (Å²) in [7, 11) is 3.85. The highest BCUT2D eigenvalue weighted by molar-refractivity contribution is 6.02. The van der Waals surface area contributed by atoms with Gasteiger partial charge in [0.25, 0.3) is 0 Å². The summed E-state index contributed by atoms with van der Waals surface area (Å²) < 4.78 is 0. The lowest BCUT2D eigenvalue weighted by Gasteiger charge is -2.24. The van der Waals surface area contributed by atoms with Gasteiger partial charge in [-0.15, -0.1) is 0 Å². The molecule has 0 saturated carbocycles. The Bertz CT molecular complexity index is 276. The fraction of sp³-hybridized carbons (Fsp3) is 0.600. The second kappa shape index (κ2) is 5.04. The molecule has 2 atom stereocenters. The van der Waals surface area contributed by atoms with Gasteiger partial charge in [0.1, 0.15) is 6.04 Å². The summed E-state index contributed by atoms with van der Waals surface area (Å²) in [5.74, 6) is -0.734. The molecule has 1 fully saturated rings. The zero-order chi connectivity index (χ0) is 11.4. The molecule has 1 heterocycles. The van der Waals surface area contributed by atoms with E-state index in [-0.39, 0.29) is 18.0 Å². The fourth-order valence-electron chi connectivity index (χ4n) is 1.76. The monoisotopic (exact) mass is 211 g/mol. The summed E-state index contributed by atoms with van der Waals surface area (Å²) in [6.45, 7) is 4.09. The van der Waals surface area contributed by atoms with E-state index < -0.39 is 5.91 Å². The number of carbonyl (C=O) groups excluding carboxylic acids is 2. The molecule has 1 rings (SSSR count). The van der Waals surface area contributed by atoms with Crippen LogP contribution in [-0.4, -0.2) is 49.4 Å². The highest BCUT2D eigenvalue weighted by Crippen LogP contribution is 2.11. The van der Waals surface area contributed by atoms with Crippen LogP contribution in [0.4, 0.5) is 0 Å². The van der Waals surface area contributed by atoms with Crippen molar-refractivity contribution < 1.29 is 9.59 Å². The van der Waals surface area contributed by atoms with Crippen molar-refractivity contribution in [3.8, 4) is 0 Å². The first-order valence-electron chi connectivity index (χ1n) is 4.93. The SMILES string of the molecule is C=CC(=O)NC(=O)[C@H]1NCCC1N(C)C. The third-order valence-corrected chi connectivity index (χ3v) is 2.57. The Morgan fingerprint density at radius 3 is 2.73 bits per heavy atom. The van der Waals surface area contributed by atoms with Gasteiger partial charge in [-0.3, -0.25) is 14.9 Å².